The van der Waals surface area contributed by atoms with Crippen molar-refractivity contribution in [3.05, 3.63) is 65.7 Å². The van der Waals surface area contributed by atoms with Crippen LogP contribution in [0.4, 0.5) is 0 Å². The predicted molar refractivity (Wildman–Crippen MR) is 117 cm³/mol. The van der Waals surface area contributed by atoms with E-state index < -0.39 is 34.5 Å². The number of nitrogens with one attached hydrogen (secondary N) is 2. The van der Waals surface area contributed by atoms with E-state index in [1.54, 1.807) is 32.0 Å². The molecule has 7 nitrogen and oxygen atoms in total. The molecule has 0 saturated carbocycles. The second-order valence-corrected chi connectivity index (χ2v) is 9.69. The van der Waals surface area contributed by atoms with Gasteiger partial charge in [0, 0.05) is 0 Å². The largest absolute Gasteiger partial charge is 0.454 e. The molecule has 31 heavy (non-hydrogen) atoms. The molecule has 0 saturated heterocycles. The van der Waals surface area contributed by atoms with E-state index >= 15 is 0 Å². The molecule has 2 aromatic carbocycles. The van der Waals surface area contributed by atoms with Crippen LogP contribution in [-0.4, -0.2) is 32.9 Å². The highest BCUT2D eigenvalue weighted by atomic mass is 32.2. The molecule has 0 unspecified atom stereocenters. The zero-order valence-electron chi connectivity index (χ0n) is 17.7. The fraction of sp³-hybridized carbons (Fsp3) is 0.391. The Morgan fingerprint density at radius 2 is 1.74 bits per heavy atom. The minimum atomic E-state index is -3.90. The molecule has 1 amide bonds. The Labute approximate surface area is 183 Å². The van der Waals surface area contributed by atoms with Gasteiger partial charge in [-0.2, -0.15) is 4.72 Å². The molecule has 0 bridgehead atoms. The first-order valence-corrected chi connectivity index (χ1v) is 11.9. The molecule has 0 aliphatic heterocycles. The Morgan fingerprint density at radius 3 is 2.45 bits per heavy atom. The third-order valence-electron chi connectivity index (χ3n) is 5.31. The van der Waals surface area contributed by atoms with Crippen molar-refractivity contribution in [3.63, 3.8) is 0 Å². The monoisotopic (exact) mass is 444 g/mol. The maximum atomic E-state index is 12.6. The summed E-state index contributed by atoms with van der Waals surface area (Å²) in [5, 5.41) is 2.92. The van der Waals surface area contributed by atoms with Crippen molar-refractivity contribution < 1.29 is 22.7 Å². The lowest BCUT2D eigenvalue weighted by Gasteiger charge is -2.26. The highest BCUT2D eigenvalue weighted by Crippen LogP contribution is 2.29. The standard InChI is InChI=1S/C23H28N2O5S/c1-16(2)22(25-31(28,29)18-11-4-3-5-12-18)23(27)30-15-21(26)24-20-14-8-10-17-9-6-7-13-19(17)20/h3-7,9,11-13,16,20,22,25H,8,10,14-15H2,1-2H3,(H,24,26)/t20-,22-/m1/s1. The summed E-state index contributed by atoms with van der Waals surface area (Å²) in [6.07, 6.45) is 2.77. The van der Waals surface area contributed by atoms with Crippen molar-refractivity contribution in [2.75, 3.05) is 6.61 Å². The predicted octanol–water partition coefficient (Wildman–Crippen LogP) is 2.73. The molecule has 3 rings (SSSR count). The van der Waals surface area contributed by atoms with Gasteiger partial charge < -0.3 is 10.1 Å². The maximum Gasteiger partial charge on any atom is 0.324 e. The second kappa shape index (κ2) is 10.1. The van der Waals surface area contributed by atoms with Crippen LogP contribution in [0, 0.1) is 5.92 Å². The van der Waals surface area contributed by atoms with Gasteiger partial charge in [0.2, 0.25) is 10.0 Å². The summed E-state index contributed by atoms with van der Waals surface area (Å²) >= 11 is 0. The summed E-state index contributed by atoms with van der Waals surface area (Å²) in [5.41, 5.74) is 2.30. The average molecular weight is 445 g/mol. The molecule has 0 aromatic heterocycles. The van der Waals surface area contributed by atoms with Crippen molar-refractivity contribution in [1.29, 1.82) is 0 Å². The van der Waals surface area contributed by atoms with Crippen LogP contribution in [0.15, 0.2) is 59.5 Å². The number of esters is 1. The van der Waals surface area contributed by atoms with Crippen molar-refractivity contribution in [1.82, 2.24) is 10.0 Å². The van der Waals surface area contributed by atoms with Gasteiger partial charge in [0.25, 0.3) is 5.91 Å². The van der Waals surface area contributed by atoms with E-state index in [-0.39, 0.29) is 16.9 Å². The van der Waals surface area contributed by atoms with Gasteiger partial charge in [0.05, 0.1) is 10.9 Å². The summed E-state index contributed by atoms with van der Waals surface area (Å²) in [7, 11) is -3.90. The summed E-state index contributed by atoms with van der Waals surface area (Å²) in [4.78, 5) is 25.0. The summed E-state index contributed by atoms with van der Waals surface area (Å²) < 4.78 is 32.7. The fourth-order valence-electron chi connectivity index (χ4n) is 3.66. The first-order chi connectivity index (χ1) is 14.8. The molecule has 2 atom stereocenters. The first kappa shape index (κ1) is 23.0. The lowest BCUT2D eigenvalue weighted by molar-refractivity contribution is -0.151. The Morgan fingerprint density at radius 1 is 1.06 bits per heavy atom. The van der Waals surface area contributed by atoms with Gasteiger partial charge in [0.15, 0.2) is 6.61 Å². The molecule has 0 heterocycles. The number of amides is 1. The highest BCUT2D eigenvalue weighted by molar-refractivity contribution is 7.89. The molecule has 2 N–H and O–H groups in total. The van der Waals surface area contributed by atoms with Crippen molar-refractivity contribution >= 4 is 21.9 Å². The number of carbonyl (C=O) groups is 2. The number of ether oxygens (including phenoxy) is 1. The average Bonchev–Trinajstić information content (AvgIpc) is 2.76. The molecule has 2 aromatic rings. The quantitative estimate of drug-likeness (QED) is 0.610. The van der Waals surface area contributed by atoms with Crippen LogP contribution in [0.2, 0.25) is 0 Å². The topological polar surface area (TPSA) is 102 Å². The summed E-state index contributed by atoms with van der Waals surface area (Å²) in [6.45, 7) is 2.95. The van der Waals surface area contributed by atoms with Gasteiger partial charge in [-0.05, 0) is 48.4 Å². The molecule has 1 aliphatic rings. The zero-order chi connectivity index (χ0) is 22.4. The number of benzene rings is 2. The van der Waals surface area contributed by atoms with Crippen LogP contribution < -0.4 is 10.0 Å². The Hall–Kier alpha value is -2.71. The minimum absolute atomic E-state index is 0.0576. The van der Waals surface area contributed by atoms with E-state index in [0.29, 0.717) is 0 Å². The SMILES string of the molecule is CC(C)[C@@H](NS(=O)(=O)c1ccccc1)C(=O)OCC(=O)N[C@@H]1CCCc2ccccc21. The number of rotatable bonds is 8. The summed E-state index contributed by atoms with van der Waals surface area (Å²) in [5.74, 6) is -1.56. The number of aryl methyl sites for hydroxylation is 1. The molecule has 8 heteroatoms. The Kier molecular flexibility index (Phi) is 7.46. The van der Waals surface area contributed by atoms with Crippen LogP contribution in [0.1, 0.15) is 43.9 Å². The molecule has 0 spiro atoms. The van der Waals surface area contributed by atoms with E-state index in [9.17, 15) is 18.0 Å². The second-order valence-electron chi connectivity index (χ2n) is 7.97. The number of hydrogen-bond donors (Lipinski definition) is 2. The van der Waals surface area contributed by atoms with Crippen LogP contribution in [-0.2, 0) is 30.8 Å². The zero-order valence-corrected chi connectivity index (χ0v) is 18.5. The minimum Gasteiger partial charge on any atom is -0.454 e. The fourth-order valence-corrected chi connectivity index (χ4v) is 5.01. The smallest absolute Gasteiger partial charge is 0.324 e. The van der Waals surface area contributed by atoms with E-state index in [1.165, 1.54) is 17.7 Å². The third kappa shape index (κ3) is 5.92. The van der Waals surface area contributed by atoms with E-state index in [0.717, 1.165) is 24.8 Å². The van der Waals surface area contributed by atoms with Gasteiger partial charge >= 0.3 is 5.97 Å². The van der Waals surface area contributed by atoms with Gasteiger partial charge in [-0.3, -0.25) is 9.59 Å². The summed E-state index contributed by atoms with van der Waals surface area (Å²) in [6, 6.07) is 14.6. The van der Waals surface area contributed by atoms with Crippen molar-refractivity contribution in [2.24, 2.45) is 5.92 Å². The maximum absolute atomic E-state index is 12.6. The van der Waals surface area contributed by atoms with Crippen LogP contribution in [0.5, 0.6) is 0 Å². The highest BCUT2D eigenvalue weighted by Gasteiger charge is 2.30. The number of carbonyl (C=O) groups excluding carboxylic acids is 2. The molecule has 0 fully saturated rings. The van der Waals surface area contributed by atoms with Crippen molar-refractivity contribution in [2.45, 2.75) is 50.1 Å². The van der Waals surface area contributed by atoms with Gasteiger partial charge in [0.1, 0.15) is 6.04 Å². The van der Waals surface area contributed by atoms with Gasteiger partial charge in [-0.25, -0.2) is 8.42 Å². The molecule has 166 valence electrons. The normalized spacial score (nSPS) is 16.9. The number of fused-ring (bicyclic) bond motifs is 1. The molecule has 1 aliphatic carbocycles. The number of hydrogen-bond acceptors (Lipinski definition) is 5. The van der Waals surface area contributed by atoms with Crippen LogP contribution in [0.25, 0.3) is 0 Å². The van der Waals surface area contributed by atoms with E-state index in [2.05, 4.69) is 16.1 Å². The lowest BCUT2D eigenvalue weighted by atomic mass is 9.88. The van der Waals surface area contributed by atoms with Crippen molar-refractivity contribution in [3.8, 4) is 0 Å². The Bertz CT molecular complexity index is 1020. The Balaban J connectivity index is 1.59. The van der Waals surface area contributed by atoms with Crippen LogP contribution >= 0.6 is 0 Å². The van der Waals surface area contributed by atoms with Gasteiger partial charge in [-0.1, -0.05) is 56.3 Å². The first-order valence-electron chi connectivity index (χ1n) is 10.4. The molecular formula is C23H28N2O5S. The molecule has 0 radical (unpaired) electrons. The van der Waals surface area contributed by atoms with Crippen LogP contribution in [0.3, 0.4) is 0 Å². The van der Waals surface area contributed by atoms with E-state index in [1.807, 2.05) is 18.2 Å². The third-order valence-corrected chi connectivity index (χ3v) is 6.76. The number of sulfonamides is 1. The van der Waals surface area contributed by atoms with Gasteiger partial charge in [-0.15, -0.1) is 0 Å². The molecular weight excluding hydrogens is 416 g/mol. The lowest BCUT2D eigenvalue weighted by Crippen LogP contribution is -2.46. The van der Waals surface area contributed by atoms with E-state index in [4.69, 9.17) is 4.74 Å².